The predicted molar refractivity (Wildman–Crippen MR) is 56.9 cm³/mol. The van der Waals surface area contributed by atoms with Crippen LogP contribution in [0, 0.1) is 4.91 Å². The summed E-state index contributed by atoms with van der Waals surface area (Å²) in [6, 6.07) is 3.94. The fourth-order valence-corrected chi connectivity index (χ4v) is 1.29. The molecule has 1 rings (SSSR count). The molecule has 6 nitrogen and oxygen atoms in total. The molecule has 1 aromatic rings. The van der Waals surface area contributed by atoms with E-state index in [1.165, 1.54) is 7.05 Å². The van der Waals surface area contributed by atoms with Gasteiger partial charge in [-0.05, 0) is 23.2 Å². The number of rotatable bonds is 4. The van der Waals surface area contributed by atoms with Crippen LogP contribution in [-0.4, -0.2) is 12.1 Å². The molecular weight excluding hydrogens is 251 g/mol. The topological polar surface area (TPSA) is 81.4 Å². The van der Waals surface area contributed by atoms with E-state index in [1.54, 1.807) is 0 Å². The Labute approximate surface area is 99.6 Å². The fourth-order valence-electron chi connectivity index (χ4n) is 1.29. The highest BCUT2D eigenvalue weighted by atomic mass is 19.4. The third-order valence-electron chi connectivity index (χ3n) is 2.18. The second kappa shape index (κ2) is 5.37. The number of nitroso groups, excluding NO2 is 1. The number of halogens is 3. The molecule has 1 unspecified atom stereocenters. The number of nitrogens with zero attached hydrogens (tertiary/aromatic N) is 5. The molecule has 0 spiro atoms. The predicted octanol–water partition coefficient (Wildman–Crippen LogP) is 3.63. The SMILES string of the molecule is CN(N=O)C(N=[N+]=[N-])c1ccc(C(F)(F)F)cc1. The quantitative estimate of drug-likeness (QED) is 0.272. The van der Waals surface area contributed by atoms with E-state index in [2.05, 4.69) is 15.3 Å². The zero-order chi connectivity index (χ0) is 13.8. The van der Waals surface area contributed by atoms with Crippen LogP contribution in [0.15, 0.2) is 34.7 Å². The first-order valence-corrected chi connectivity index (χ1v) is 4.67. The van der Waals surface area contributed by atoms with Crippen molar-refractivity contribution < 1.29 is 13.2 Å². The Morgan fingerprint density at radius 1 is 1.33 bits per heavy atom. The molecule has 0 aliphatic rings. The number of azide groups is 1. The van der Waals surface area contributed by atoms with Crippen LogP contribution in [0.1, 0.15) is 17.3 Å². The van der Waals surface area contributed by atoms with Crippen LogP contribution in [0.25, 0.3) is 10.4 Å². The van der Waals surface area contributed by atoms with Crippen molar-refractivity contribution in [3.8, 4) is 0 Å². The van der Waals surface area contributed by atoms with Crippen LogP contribution in [0.4, 0.5) is 13.2 Å². The van der Waals surface area contributed by atoms with Crippen molar-refractivity contribution in [1.82, 2.24) is 5.01 Å². The van der Waals surface area contributed by atoms with E-state index in [1.807, 2.05) is 0 Å². The highest BCUT2D eigenvalue weighted by Crippen LogP contribution is 2.31. The second-order valence-corrected chi connectivity index (χ2v) is 3.35. The number of benzene rings is 1. The molecule has 96 valence electrons. The van der Waals surface area contributed by atoms with Gasteiger partial charge in [0.15, 0.2) is 6.17 Å². The molecule has 0 aromatic heterocycles. The maximum atomic E-state index is 12.3. The van der Waals surface area contributed by atoms with Crippen molar-refractivity contribution in [2.24, 2.45) is 10.4 Å². The fraction of sp³-hybridized carbons (Fsp3) is 0.333. The smallest absolute Gasteiger partial charge is 0.251 e. The summed E-state index contributed by atoms with van der Waals surface area (Å²) in [5.41, 5.74) is 7.75. The Balaban J connectivity index is 3.08. The second-order valence-electron chi connectivity index (χ2n) is 3.35. The van der Waals surface area contributed by atoms with E-state index < -0.39 is 17.9 Å². The van der Waals surface area contributed by atoms with E-state index in [-0.39, 0.29) is 5.56 Å². The van der Waals surface area contributed by atoms with Crippen LogP contribution in [-0.2, 0) is 6.18 Å². The first-order chi connectivity index (χ1) is 8.40. The molecule has 0 saturated carbocycles. The van der Waals surface area contributed by atoms with Crippen molar-refractivity contribution in [2.75, 3.05) is 7.05 Å². The standard InChI is InChI=1S/C9H8F3N5O/c1-17(16-18)8(14-15-13)6-2-4-7(5-3-6)9(10,11)12/h2-5,8H,1H3. The summed E-state index contributed by atoms with van der Waals surface area (Å²) < 4.78 is 37.0. The van der Waals surface area contributed by atoms with Crippen molar-refractivity contribution in [1.29, 1.82) is 0 Å². The highest BCUT2D eigenvalue weighted by molar-refractivity contribution is 5.26. The Morgan fingerprint density at radius 2 is 1.89 bits per heavy atom. The minimum Gasteiger partial charge on any atom is -0.251 e. The van der Waals surface area contributed by atoms with E-state index >= 15 is 0 Å². The average molecular weight is 259 g/mol. The summed E-state index contributed by atoms with van der Waals surface area (Å²) in [5, 5.41) is 6.65. The van der Waals surface area contributed by atoms with E-state index in [0.29, 0.717) is 0 Å². The third kappa shape index (κ3) is 3.11. The van der Waals surface area contributed by atoms with E-state index in [0.717, 1.165) is 29.3 Å². The zero-order valence-corrected chi connectivity index (χ0v) is 9.16. The van der Waals surface area contributed by atoms with E-state index in [9.17, 15) is 18.1 Å². The van der Waals surface area contributed by atoms with Gasteiger partial charge in [-0.15, -0.1) is 4.91 Å². The summed E-state index contributed by atoms with van der Waals surface area (Å²) in [4.78, 5) is 12.8. The van der Waals surface area contributed by atoms with Gasteiger partial charge in [0.25, 0.3) is 0 Å². The van der Waals surface area contributed by atoms with Gasteiger partial charge in [-0.25, -0.2) is 0 Å². The van der Waals surface area contributed by atoms with Crippen molar-refractivity contribution in [3.63, 3.8) is 0 Å². The molecule has 0 amide bonds. The average Bonchev–Trinajstić information content (AvgIpc) is 2.34. The lowest BCUT2D eigenvalue weighted by Crippen LogP contribution is -2.16. The summed E-state index contributed by atoms with van der Waals surface area (Å²) in [6.45, 7) is 0. The molecule has 0 aliphatic carbocycles. The lowest BCUT2D eigenvalue weighted by Gasteiger charge is -2.18. The molecule has 1 aromatic carbocycles. The van der Waals surface area contributed by atoms with Crippen LogP contribution < -0.4 is 0 Å². The zero-order valence-electron chi connectivity index (χ0n) is 9.16. The molecule has 1 atom stereocenters. The van der Waals surface area contributed by atoms with Gasteiger partial charge in [0, 0.05) is 12.0 Å². The van der Waals surface area contributed by atoms with Gasteiger partial charge in [-0.3, -0.25) is 5.01 Å². The van der Waals surface area contributed by atoms with Crippen LogP contribution in [0.5, 0.6) is 0 Å². The number of hydrogen-bond acceptors (Lipinski definition) is 3. The molecule has 0 aliphatic heterocycles. The first kappa shape index (κ1) is 13.8. The van der Waals surface area contributed by atoms with Crippen LogP contribution in [0.3, 0.4) is 0 Å². The molecule has 0 fully saturated rings. The van der Waals surface area contributed by atoms with Gasteiger partial charge in [-0.1, -0.05) is 17.2 Å². The molecule has 18 heavy (non-hydrogen) atoms. The lowest BCUT2D eigenvalue weighted by atomic mass is 10.1. The van der Waals surface area contributed by atoms with E-state index in [4.69, 9.17) is 5.53 Å². The maximum absolute atomic E-state index is 12.3. The van der Waals surface area contributed by atoms with Crippen molar-refractivity contribution >= 4 is 0 Å². The largest absolute Gasteiger partial charge is 0.416 e. The van der Waals surface area contributed by atoms with Crippen LogP contribution >= 0.6 is 0 Å². The van der Waals surface area contributed by atoms with Gasteiger partial charge in [0.2, 0.25) is 0 Å². The Kier molecular flexibility index (Phi) is 4.11. The van der Waals surface area contributed by atoms with Gasteiger partial charge >= 0.3 is 6.18 Å². The molecule has 0 radical (unpaired) electrons. The molecule has 0 saturated heterocycles. The lowest BCUT2D eigenvalue weighted by molar-refractivity contribution is -0.137. The molecular formula is C9H8F3N5O. The monoisotopic (exact) mass is 259 g/mol. The first-order valence-electron chi connectivity index (χ1n) is 4.67. The Hall–Kier alpha value is -2.28. The van der Waals surface area contributed by atoms with Gasteiger partial charge in [0.05, 0.1) is 10.8 Å². The Bertz CT molecular complexity index is 466. The minimum absolute atomic E-state index is 0.239. The highest BCUT2D eigenvalue weighted by Gasteiger charge is 2.30. The molecule has 0 N–H and O–H groups in total. The van der Waals surface area contributed by atoms with Crippen LogP contribution in [0.2, 0.25) is 0 Å². The minimum atomic E-state index is -4.44. The van der Waals surface area contributed by atoms with Gasteiger partial charge < -0.3 is 0 Å². The Morgan fingerprint density at radius 3 is 2.28 bits per heavy atom. The van der Waals surface area contributed by atoms with Gasteiger partial charge in [-0.2, -0.15) is 13.2 Å². The summed E-state index contributed by atoms with van der Waals surface area (Å²) in [5.74, 6) is 0. The summed E-state index contributed by atoms with van der Waals surface area (Å²) in [6.07, 6.45) is -5.52. The summed E-state index contributed by atoms with van der Waals surface area (Å²) >= 11 is 0. The molecule has 0 heterocycles. The number of alkyl halides is 3. The molecule has 9 heteroatoms. The maximum Gasteiger partial charge on any atom is 0.416 e. The van der Waals surface area contributed by atoms with Crippen molar-refractivity contribution in [3.05, 3.63) is 50.7 Å². The normalized spacial score (nSPS) is 12.4. The summed E-state index contributed by atoms with van der Waals surface area (Å²) in [7, 11) is 1.25. The third-order valence-corrected chi connectivity index (χ3v) is 2.18. The molecule has 0 bridgehead atoms. The number of hydrogen-bond donors (Lipinski definition) is 0. The van der Waals surface area contributed by atoms with Crippen molar-refractivity contribution in [2.45, 2.75) is 12.3 Å². The van der Waals surface area contributed by atoms with Gasteiger partial charge in [0.1, 0.15) is 0 Å².